The second-order valence-electron chi connectivity index (χ2n) is 6.97. The van der Waals surface area contributed by atoms with E-state index in [1.54, 1.807) is 0 Å². The summed E-state index contributed by atoms with van der Waals surface area (Å²) in [7, 11) is 0. The van der Waals surface area contributed by atoms with Crippen molar-refractivity contribution in [1.82, 2.24) is 5.32 Å². The van der Waals surface area contributed by atoms with Crippen molar-refractivity contribution in [1.29, 1.82) is 0 Å². The molecule has 2 atom stereocenters. The van der Waals surface area contributed by atoms with Crippen LogP contribution in [0.1, 0.15) is 63.6 Å². The van der Waals surface area contributed by atoms with E-state index in [1.807, 2.05) is 6.92 Å². The van der Waals surface area contributed by atoms with Crippen molar-refractivity contribution >= 4 is 0 Å². The van der Waals surface area contributed by atoms with Crippen LogP contribution in [0, 0.1) is 5.92 Å². The fourth-order valence-corrected chi connectivity index (χ4v) is 3.43. The number of rotatable bonds is 5. The molecule has 0 bridgehead atoms. The molecule has 2 unspecified atom stereocenters. The molecular formula is C18H29NO. The first-order valence-electron chi connectivity index (χ1n) is 8.01. The summed E-state index contributed by atoms with van der Waals surface area (Å²) in [6.45, 7) is 6.94. The molecule has 2 heteroatoms. The maximum absolute atomic E-state index is 10.5. The lowest BCUT2D eigenvalue weighted by atomic mass is 9.93. The fraction of sp³-hybridized carbons (Fsp3) is 0.667. The number of fused-ring (bicyclic) bond motifs is 1. The van der Waals surface area contributed by atoms with E-state index >= 15 is 0 Å². The summed E-state index contributed by atoms with van der Waals surface area (Å²) in [6.07, 6.45) is 5.75. The molecule has 0 radical (unpaired) electrons. The number of hydrogen-bond acceptors (Lipinski definition) is 2. The van der Waals surface area contributed by atoms with Gasteiger partial charge >= 0.3 is 0 Å². The second kappa shape index (κ2) is 6.73. The van der Waals surface area contributed by atoms with E-state index in [1.165, 1.54) is 36.8 Å². The van der Waals surface area contributed by atoms with Crippen molar-refractivity contribution in [3.8, 4) is 0 Å². The van der Waals surface area contributed by atoms with Gasteiger partial charge in [0.25, 0.3) is 0 Å². The zero-order valence-corrected chi connectivity index (χ0v) is 13.2. The lowest BCUT2D eigenvalue weighted by molar-refractivity contribution is 0.0355. The summed E-state index contributed by atoms with van der Waals surface area (Å²) in [4.78, 5) is 0. The van der Waals surface area contributed by atoms with Crippen molar-refractivity contribution in [2.45, 2.75) is 64.5 Å². The Bertz CT molecular complexity index is 425. The minimum Gasteiger partial charge on any atom is -0.389 e. The van der Waals surface area contributed by atoms with Gasteiger partial charge in [0.2, 0.25) is 0 Å². The van der Waals surface area contributed by atoms with Gasteiger partial charge in [-0.1, -0.05) is 44.5 Å². The van der Waals surface area contributed by atoms with Gasteiger partial charge in [0.05, 0.1) is 5.60 Å². The van der Waals surface area contributed by atoms with Crippen LogP contribution in [-0.2, 0) is 6.42 Å². The molecule has 2 N–H and O–H groups in total. The molecule has 0 fully saturated rings. The van der Waals surface area contributed by atoms with Crippen molar-refractivity contribution in [3.05, 3.63) is 35.4 Å². The van der Waals surface area contributed by atoms with Crippen LogP contribution in [0.25, 0.3) is 0 Å². The van der Waals surface area contributed by atoms with E-state index in [9.17, 15) is 5.11 Å². The highest BCUT2D eigenvalue weighted by Gasteiger charge is 2.25. The minimum atomic E-state index is -0.616. The first kappa shape index (κ1) is 15.5. The van der Waals surface area contributed by atoms with Crippen LogP contribution < -0.4 is 5.32 Å². The molecule has 0 spiro atoms. The van der Waals surface area contributed by atoms with Gasteiger partial charge in [-0.3, -0.25) is 0 Å². The van der Waals surface area contributed by atoms with E-state index in [0.717, 1.165) is 6.42 Å². The minimum absolute atomic E-state index is 0.396. The van der Waals surface area contributed by atoms with Crippen LogP contribution in [0.5, 0.6) is 0 Å². The van der Waals surface area contributed by atoms with Gasteiger partial charge in [0.1, 0.15) is 0 Å². The predicted molar refractivity (Wildman–Crippen MR) is 84.8 cm³/mol. The van der Waals surface area contributed by atoms with Crippen LogP contribution in [0.15, 0.2) is 24.3 Å². The van der Waals surface area contributed by atoms with Crippen LogP contribution in [0.2, 0.25) is 0 Å². The molecule has 0 heterocycles. The van der Waals surface area contributed by atoms with E-state index in [0.29, 0.717) is 18.5 Å². The zero-order chi connectivity index (χ0) is 14.6. The van der Waals surface area contributed by atoms with Gasteiger partial charge in [-0.05, 0) is 49.7 Å². The summed E-state index contributed by atoms with van der Waals surface area (Å²) in [5.41, 5.74) is 2.30. The molecular weight excluding hydrogens is 246 g/mol. The third kappa shape index (κ3) is 4.32. The molecule has 0 aliphatic heterocycles. The number of benzene rings is 1. The lowest BCUT2D eigenvalue weighted by Crippen LogP contribution is -2.40. The normalized spacial score (nSPS) is 22.1. The summed E-state index contributed by atoms with van der Waals surface area (Å²) in [5, 5.41) is 14.1. The summed E-state index contributed by atoms with van der Waals surface area (Å²) in [5.74, 6) is 0.521. The average Bonchev–Trinajstić information content (AvgIpc) is 2.57. The first-order valence-corrected chi connectivity index (χ1v) is 8.01. The van der Waals surface area contributed by atoms with Gasteiger partial charge in [-0.15, -0.1) is 0 Å². The molecule has 0 saturated heterocycles. The molecule has 112 valence electrons. The Morgan fingerprint density at radius 3 is 2.80 bits per heavy atom. The van der Waals surface area contributed by atoms with Gasteiger partial charge < -0.3 is 10.4 Å². The van der Waals surface area contributed by atoms with Gasteiger partial charge in [0, 0.05) is 12.6 Å². The SMILES string of the molecule is CC(C)CC(C)(O)CNC1CCCCc2ccccc21. The quantitative estimate of drug-likeness (QED) is 0.800. The third-order valence-corrected chi connectivity index (χ3v) is 4.20. The lowest BCUT2D eigenvalue weighted by Gasteiger charge is -2.29. The standard InChI is InChI=1S/C18H29NO/c1-14(2)12-18(3,20)13-19-17-11-7-5-9-15-8-4-6-10-16(15)17/h4,6,8,10,14,17,19-20H,5,7,9,11-13H2,1-3H3. The Labute approximate surface area is 123 Å². The number of hydrogen-bond donors (Lipinski definition) is 2. The Hall–Kier alpha value is -0.860. The molecule has 20 heavy (non-hydrogen) atoms. The van der Waals surface area contributed by atoms with Crippen molar-refractivity contribution in [2.75, 3.05) is 6.54 Å². The molecule has 2 rings (SSSR count). The smallest absolute Gasteiger partial charge is 0.0746 e. The van der Waals surface area contributed by atoms with Gasteiger partial charge in [0.15, 0.2) is 0 Å². The maximum atomic E-state index is 10.5. The van der Waals surface area contributed by atoms with Crippen LogP contribution in [0.4, 0.5) is 0 Å². The molecule has 1 aromatic carbocycles. The Kier molecular flexibility index (Phi) is 5.22. The monoisotopic (exact) mass is 275 g/mol. The van der Waals surface area contributed by atoms with Crippen LogP contribution >= 0.6 is 0 Å². The van der Waals surface area contributed by atoms with Crippen LogP contribution in [-0.4, -0.2) is 17.3 Å². The number of aliphatic hydroxyl groups is 1. The maximum Gasteiger partial charge on any atom is 0.0746 e. The summed E-state index contributed by atoms with van der Waals surface area (Å²) in [6, 6.07) is 9.16. The molecule has 0 aromatic heterocycles. The predicted octanol–water partition coefficient (Wildman–Crippen LogP) is 3.84. The highest BCUT2D eigenvalue weighted by molar-refractivity contribution is 5.31. The Morgan fingerprint density at radius 2 is 2.05 bits per heavy atom. The fourth-order valence-electron chi connectivity index (χ4n) is 3.43. The van der Waals surface area contributed by atoms with Gasteiger partial charge in [-0.25, -0.2) is 0 Å². The number of aryl methyl sites for hydroxylation is 1. The molecule has 1 aliphatic rings. The third-order valence-electron chi connectivity index (χ3n) is 4.20. The summed E-state index contributed by atoms with van der Waals surface area (Å²) < 4.78 is 0. The largest absolute Gasteiger partial charge is 0.389 e. The van der Waals surface area contributed by atoms with Crippen LogP contribution in [0.3, 0.4) is 0 Å². The summed E-state index contributed by atoms with van der Waals surface area (Å²) >= 11 is 0. The van der Waals surface area contributed by atoms with E-state index < -0.39 is 5.60 Å². The van der Waals surface area contributed by atoms with Crippen molar-refractivity contribution in [2.24, 2.45) is 5.92 Å². The van der Waals surface area contributed by atoms with E-state index in [2.05, 4.69) is 43.4 Å². The highest BCUT2D eigenvalue weighted by atomic mass is 16.3. The topological polar surface area (TPSA) is 32.3 Å². The highest BCUT2D eigenvalue weighted by Crippen LogP contribution is 2.29. The second-order valence-corrected chi connectivity index (χ2v) is 6.97. The Morgan fingerprint density at radius 1 is 1.30 bits per heavy atom. The molecule has 2 nitrogen and oxygen atoms in total. The number of nitrogens with one attached hydrogen (secondary N) is 1. The first-order chi connectivity index (χ1) is 9.48. The van der Waals surface area contributed by atoms with Crippen molar-refractivity contribution < 1.29 is 5.11 Å². The van der Waals surface area contributed by atoms with Crippen molar-refractivity contribution in [3.63, 3.8) is 0 Å². The average molecular weight is 275 g/mol. The molecule has 0 saturated carbocycles. The molecule has 1 aromatic rings. The Balaban J connectivity index is 2.02. The van der Waals surface area contributed by atoms with Gasteiger partial charge in [-0.2, -0.15) is 0 Å². The zero-order valence-electron chi connectivity index (χ0n) is 13.2. The molecule has 1 aliphatic carbocycles. The van der Waals surface area contributed by atoms with E-state index in [-0.39, 0.29) is 0 Å². The molecule has 0 amide bonds. The van der Waals surface area contributed by atoms with E-state index in [4.69, 9.17) is 0 Å².